The topological polar surface area (TPSA) is 99.5 Å². The van der Waals surface area contributed by atoms with Crippen LogP contribution in [0.1, 0.15) is 23.0 Å². The number of hydrogen-bond acceptors (Lipinski definition) is 6. The lowest BCUT2D eigenvalue weighted by atomic mass is 10.2. The van der Waals surface area contributed by atoms with Gasteiger partial charge in [0, 0.05) is 10.2 Å². The number of hydrogen-bond donors (Lipinski definition) is 1. The molecule has 0 aliphatic heterocycles. The van der Waals surface area contributed by atoms with E-state index in [4.69, 9.17) is 9.47 Å². The predicted octanol–water partition coefficient (Wildman–Crippen LogP) is 3.50. The second-order valence-corrected chi connectivity index (χ2v) is 7.43. The standard InChI is InChI=1S/C22H20BrN3O5/c1-3-30-22(29)21-18(31-13-19(27)24-16-8-4-6-14(2)10-16)12-20(28)26(25-21)17-9-5-7-15(23)11-17/h4-12H,3,13H2,1-2H3,(H,24,27). The lowest BCUT2D eigenvalue weighted by Gasteiger charge is -2.13. The number of rotatable bonds is 7. The smallest absolute Gasteiger partial charge is 0.362 e. The van der Waals surface area contributed by atoms with Gasteiger partial charge in [-0.05, 0) is 49.7 Å². The van der Waals surface area contributed by atoms with Crippen LogP contribution >= 0.6 is 15.9 Å². The normalized spacial score (nSPS) is 10.4. The maximum Gasteiger partial charge on any atom is 0.362 e. The molecule has 1 heterocycles. The number of halogens is 1. The summed E-state index contributed by atoms with van der Waals surface area (Å²) in [6.45, 7) is 3.26. The van der Waals surface area contributed by atoms with Gasteiger partial charge in [-0.25, -0.2) is 4.79 Å². The van der Waals surface area contributed by atoms with Crippen LogP contribution in [0.2, 0.25) is 0 Å². The Balaban J connectivity index is 1.86. The Bertz CT molecular complexity index is 1180. The molecule has 2 aromatic carbocycles. The summed E-state index contributed by atoms with van der Waals surface area (Å²) < 4.78 is 12.3. The predicted molar refractivity (Wildman–Crippen MR) is 119 cm³/mol. The summed E-state index contributed by atoms with van der Waals surface area (Å²) in [5.41, 5.74) is 1.32. The number of amides is 1. The second kappa shape index (κ2) is 10.0. The molecule has 0 aliphatic rings. The molecule has 0 atom stereocenters. The summed E-state index contributed by atoms with van der Waals surface area (Å²) in [6.07, 6.45) is 0. The van der Waals surface area contributed by atoms with Gasteiger partial charge in [0.05, 0.1) is 18.4 Å². The monoisotopic (exact) mass is 485 g/mol. The molecule has 0 saturated carbocycles. The summed E-state index contributed by atoms with van der Waals surface area (Å²) in [5.74, 6) is -1.34. The van der Waals surface area contributed by atoms with E-state index in [2.05, 4.69) is 26.3 Å². The minimum Gasteiger partial charge on any atom is -0.481 e. The summed E-state index contributed by atoms with van der Waals surface area (Å²) >= 11 is 3.34. The number of carbonyl (C=O) groups excluding carboxylic acids is 2. The zero-order valence-corrected chi connectivity index (χ0v) is 18.5. The van der Waals surface area contributed by atoms with Gasteiger partial charge in [0.1, 0.15) is 0 Å². The molecule has 8 nitrogen and oxygen atoms in total. The number of aromatic nitrogens is 2. The van der Waals surface area contributed by atoms with Crippen molar-refractivity contribution in [1.29, 1.82) is 0 Å². The van der Waals surface area contributed by atoms with Gasteiger partial charge in [-0.1, -0.05) is 34.1 Å². The first kappa shape index (κ1) is 22.2. The van der Waals surface area contributed by atoms with Gasteiger partial charge in [0.2, 0.25) is 5.69 Å². The van der Waals surface area contributed by atoms with E-state index in [9.17, 15) is 14.4 Å². The Morgan fingerprint density at radius 2 is 1.90 bits per heavy atom. The Morgan fingerprint density at radius 3 is 2.61 bits per heavy atom. The fraction of sp³-hybridized carbons (Fsp3) is 0.182. The molecule has 0 unspecified atom stereocenters. The third-order valence-corrected chi connectivity index (χ3v) is 4.57. The number of ether oxygens (including phenoxy) is 2. The summed E-state index contributed by atoms with van der Waals surface area (Å²) in [4.78, 5) is 37.3. The van der Waals surface area contributed by atoms with E-state index in [-0.39, 0.29) is 18.1 Å². The summed E-state index contributed by atoms with van der Waals surface area (Å²) in [6, 6.07) is 15.3. The SMILES string of the molecule is CCOC(=O)c1nn(-c2cccc(Br)c2)c(=O)cc1OCC(=O)Nc1cccc(C)c1. The van der Waals surface area contributed by atoms with Gasteiger partial charge in [0.15, 0.2) is 12.4 Å². The van der Waals surface area contributed by atoms with E-state index < -0.39 is 24.0 Å². The minimum absolute atomic E-state index is 0.115. The van der Waals surface area contributed by atoms with Gasteiger partial charge < -0.3 is 14.8 Å². The zero-order chi connectivity index (χ0) is 22.4. The molecular weight excluding hydrogens is 466 g/mol. The number of anilines is 1. The highest BCUT2D eigenvalue weighted by Gasteiger charge is 2.20. The zero-order valence-electron chi connectivity index (χ0n) is 16.9. The van der Waals surface area contributed by atoms with Crippen molar-refractivity contribution in [3.8, 4) is 11.4 Å². The third kappa shape index (κ3) is 5.79. The molecule has 0 fully saturated rings. The first-order valence-corrected chi connectivity index (χ1v) is 10.2. The van der Waals surface area contributed by atoms with Gasteiger partial charge in [-0.2, -0.15) is 9.78 Å². The minimum atomic E-state index is -0.764. The lowest BCUT2D eigenvalue weighted by Crippen LogP contribution is -2.27. The van der Waals surface area contributed by atoms with E-state index in [0.29, 0.717) is 11.4 Å². The van der Waals surface area contributed by atoms with Crippen LogP contribution < -0.4 is 15.6 Å². The van der Waals surface area contributed by atoms with E-state index in [1.54, 1.807) is 37.3 Å². The Kier molecular flexibility index (Phi) is 7.19. The highest BCUT2D eigenvalue weighted by molar-refractivity contribution is 9.10. The molecule has 0 aliphatic carbocycles. The van der Waals surface area contributed by atoms with Crippen LogP contribution in [-0.2, 0) is 9.53 Å². The van der Waals surface area contributed by atoms with E-state index >= 15 is 0 Å². The fourth-order valence-electron chi connectivity index (χ4n) is 2.75. The molecule has 0 spiro atoms. The van der Waals surface area contributed by atoms with Crippen molar-refractivity contribution in [3.63, 3.8) is 0 Å². The Morgan fingerprint density at radius 1 is 1.13 bits per heavy atom. The van der Waals surface area contributed by atoms with E-state index in [0.717, 1.165) is 20.8 Å². The van der Waals surface area contributed by atoms with Crippen LogP contribution in [-0.4, -0.2) is 34.9 Å². The first-order valence-electron chi connectivity index (χ1n) is 9.44. The van der Waals surface area contributed by atoms with Crippen molar-refractivity contribution in [3.05, 3.63) is 80.7 Å². The molecule has 1 aromatic heterocycles. The van der Waals surface area contributed by atoms with Gasteiger partial charge >= 0.3 is 5.97 Å². The molecule has 1 amide bonds. The second-order valence-electron chi connectivity index (χ2n) is 6.51. The van der Waals surface area contributed by atoms with Gasteiger partial charge in [-0.3, -0.25) is 9.59 Å². The quantitative estimate of drug-likeness (QED) is 0.514. The molecule has 160 valence electrons. The van der Waals surface area contributed by atoms with Crippen molar-refractivity contribution < 1.29 is 19.1 Å². The molecule has 0 radical (unpaired) electrons. The number of nitrogens with one attached hydrogen (secondary N) is 1. The van der Waals surface area contributed by atoms with Crippen molar-refractivity contribution in [2.45, 2.75) is 13.8 Å². The lowest BCUT2D eigenvalue weighted by molar-refractivity contribution is -0.118. The average Bonchev–Trinajstić information content (AvgIpc) is 2.72. The molecule has 0 bridgehead atoms. The number of aryl methyl sites for hydroxylation is 1. The molecule has 0 saturated heterocycles. The largest absolute Gasteiger partial charge is 0.481 e. The van der Waals surface area contributed by atoms with Crippen LogP contribution in [0, 0.1) is 6.92 Å². The van der Waals surface area contributed by atoms with Crippen LogP contribution in [0.5, 0.6) is 5.75 Å². The molecule has 1 N–H and O–H groups in total. The fourth-order valence-corrected chi connectivity index (χ4v) is 3.13. The molecule has 3 rings (SSSR count). The van der Waals surface area contributed by atoms with Crippen LogP contribution in [0.3, 0.4) is 0 Å². The van der Waals surface area contributed by atoms with Gasteiger partial charge in [-0.15, -0.1) is 0 Å². The molecule has 31 heavy (non-hydrogen) atoms. The van der Waals surface area contributed by atoms with E-state index in [1.807, 2.05) is 25.1 Å². The number of nitrogens with zero attached hydrogens (tertiary/aromatic N) is 2. The van der Waals surface area contributed by atoms with Crippen molar-refractivity contribution >= 4 is 33.5 Å². The molecule has 9 heteroatoms. The molecular formula is C22H20BrN3O5. The van der Waals surface area contributed by atoms with Gasteiger partial charge in [0.25, 0.3) is 11.5 Å². The van der Waals surface area contributed by atoms with Crippen molar-refractivity contribution in [2.24, 2.45) is 0 Å². The Hall–Kier alpha value is -3.46. The van der Waals surface area contributed by atoms with E-state index in [1.165, 1.54) is 0 Å². The Labute approximate surface area is 186 Å². The number of esters is 1. The van der Waals surface area contributed by atoms with Crippen molar-refractivity contribution in [1.82, 2.24) is 9.78 Å². The average molecular weight is 486 g/mol. The van der Waals surface area contributed by atoms with Crippen LogP contribution in [0.4, 0.5) is 5.69 Å². The first-order chi connectivity index (χ1) is 14.9. The highest BCUT2D eigenvalue weighted by atomic mass is 79.9. The maximum atomic E-state index is 12.6. The van der Waals surface area contributed by atoms with Crippen LogP contribution in [0.15, 0.2) is 63.9 Å². The number of benzene rings is 2. The maximum absolute atomic E-state index is 12.6. The van der Waals surface area contributed by atoms with Crippen LogP contribution in [0.25, 0.3) is 5.69 Å². The highest BCUT2D eigenvalue weighted by Crippen LogP contribution is 2.18. The third-order valence-electron chi connectivity index (χ3n) is 4.08. The summed E-state index contributed by atoms with van der Waals surface area (Å²) in [5, 5.41) is 6.82. The molecule has 3 aromatic rings. The summed E-state index contributed by atoms with van der Waals surface area (Å²) in [7, 11) is 0. The van der Waals surface area contributed by atoms with Crippen molar-refractivity contribution in [2.75, 3.05) is 18.5 Å². The number of carbonyl (C=O) groups is 2.